The molecule has 144 valence electrons. The summed E-state index contributed by atoms with van der Waals surface area (Å²) in [7, 11) is 0. The summed E-state index contributed by atoms with van der Waals surface area (Å²) >= 11 is 5.88. The average Bonchev–Trinajstić information content (AvgIpc) is 2.61. The topological polar surface area (TPSA) is 70.2 Å². The highest BCUT2D eigenvalue weighted by Gasteiger charge is 2.11. The van der Waals surface area contributed by atoms with E-state index in [0.717, 1.165) is 27.9 Å². The molecule has 5 nitrogen and oxygen atoms in total. The van der Waals surface area contributed by atoms with Gasteiger partial charge in [0.05, 0.1) is 13.1 Å². The molecular weight excluding hydrogens is 362 g/mol. The van der Waals surface area contributed by atoms with E-state index in [1.165, 1.54) is 0 Å². The Morgan fingerprint density at radius 2 is 1.56 bits per heavy atom. The minimum Gasteiger partial charge on any atom is -0.346 e. The number of amides is 2. The van der Waals surface area contributed by atoms with Crippen molar-refractivity contribution in [2.24, 2.45) is 0 Å². The summed E-state index contributed by atoms with van der Waals surface area (Å²) in [5.41, 5.74) is 5.00. The molecule has 0 aliphatic carbocycles. The molecular formula is C21H26ClN3O2. The molecule has 6 heteroatoms. The summed E-state index contributed by atoms with van der Waals surface area (Å²) in [5, 5.41) is 9.31. The van der Waals surface area contributed by atoms with Crippen LogP contribution in [-0.2, 0) is 9.59 Å². The van der Waals surface area contributed by atoms with E-state index in [2.05, 4.69) is 16.0 Å². The maximum absolute atomic E-state index is 12.1. The van der Waals surface area contributed by atoms with E-state index < -0.39 is 0 Å². The van der Waals surface area contributed by atoms with Crippen molar-refractivity contribution in [3.63, 3.8) is 0 Å². The smallest absolute Gasteiger partial charge is 0.243 e. The van der Waals surface area contributed by atoms with Gasteiger partial charge in [-0.05, 0) is 56.5 Å². The quantitative estimate of drug-likeness (QED) is 0.678. The van der Waals surface area contributed by atoms with E-state index in [-0.39, 0.29) is 30.9 Å². The molecule has 0 aromatic heterocycles. The van der Waals surface area contributed by atoms with E-state index in [1.807, 2.05) is 64.1 Å². The van der Waals surface area contributed by atoms with Crippen molar-refractivity contribution in [2.75, 3.05) is 18.4 Å². The third-order valence-corrected chi connectivity index (χ3v) is 4.58. The van der Waals surface area contributed by atoms with E-state index >= 15 is 0 Å². The number of benzene rings is 2. The van der Waals surface area contributed by atoms with Gasteiger partial charge in [0.1, 0.15) is 0 Å². The first-order valence-electron chi connectivity index (χ1n) is 8.89. The molecule has 0 bridgehead atoms. The zero-order chi connectivity index (χ0) is 20.0. The average molecular weight is 388 g/mol. The number of rotatable bonds is 7. The highest BCUT2D eigenvalue weighted by Crippen LogP contribution is 2.21. The van der Waals surface area contributed by atoms with Crippen molar-refractivity contribution in [1.82, 2.24) is 10.6 Å². The molecule has 0 saturated heterocycles. The van der Waals surface area contributed by atoms with Gasteiger partial charge in [-0.25, -0.2) is 0 Å². The molecule has 1 unspecified atom stereocenters. The van der Waals surface area contributed by atoms with Crippen LogP contribution in [0, 0.1) is 20.8 Å². The van der Waals surface area contributed by atoms with Crippen LogP contribution in [-0.4, -0.2) is 24.9 Å². The molecule has 3 N–H and O–H groups in total. The SMILES string of the molecule is Cc1cc(C)c(NC(=O)CNC(=O)CNC(C)c2ccc(Cl)cc2)c(C)c1. The van der Waals surface area contributed by atoms with Gasteiger partial charge >= 0.3 is 0 Å². The van der Waals surface area contributed by atoms with Crippen LogP contribution in [0.3, 0.4) is 0 Å². The van der Waals surface area contributed by atoms with Crippen LogP contribution < -0.4 is 16.0 Å². The number of hydrogen-bond acceptors (Lipinski definition) is 3. The molecule has 2 amide bonds. The third kappa shape index (κ3) is 6.38. The number of carbonyl (C=O) groups is 2. The number of halogens is 1. The van der Waals surface area contributed by atoms with Gasteiger partial charge in [0, 0.05) is 16.8 Å². The molecule has 2 aromatic rings. The Balaban J connectivity index is 1.78. The van der Waals surface area contributed by atoms with Crippen molar-refractivity contribution in [3.8, 4) is 0 Å². The zero-order valence-electron chi connectivity index (χ0n) is 16.2. The summed E-state index contributed by atoms with van der Waals surface area (Å²) < 4.78 is 0. The first-order chi connectivity index (χ1) is 12.8. The molecule has 2 aromatic carbocycles. The van der Waals surface area contributed by atoms with Crippen LogP contribution in [0.15, 0.2) is 36.4 Å². The molecule has 0 aliphatic heterocycles. The standard InChI is InChI=1S/C21H26ClN3O2/c1-13-9-14(2)21(15(3)10-13)25-20(27)12-24-19(26)11-23-16(4)17-5-7-18(22)8-6-17/h5-10,16,23H,11-12H2,1-4H3,(H,24,26)(H,25,27). The predicted molar refractivity (Wildman–Crippen MR) is 110 cm³/mol. The Bertz CT molecular complexity index is 796. The van der Waals surface area contributed by atoms with Crippen LogP contribution in [0.4, 0.5) is 5.69 Å². The summed E-state index contributed by atoms with van der Waals surface area (Å²) in [6.07, 6.45) is 0. The van der Waals surface area contributed by atoms with Gasteiger partial charge in [-0.2, -0.15) is 0 Å². The normalized spacial score (nSPS) is 11.7. The second-order valence-electron chi connectivity index (χ2n) is 6.75. The lowest BCUT2D eigenvalue weighted by Crippen LogP contribution is -2.39. The van der Waals surface area contributed by atoms with Crippen LogP contribution in [0.2, 0.25) is 5.02 Å². The van der Waals surface area contributed by atoms with Gasteiger partial charge in [0.15, 0.2) is 0 Å². The highest BCUT2D eigenvalue weighted by atomic mass is 35.5. The van der Waals surface area contributed by atoms with Crippen LogP contribution >= 0.6 is 11.6 Å². The Kier molecular flexibility index (Phi) is 7.39. The monoisotopic (exact) mass is 387 g/mol. The summed E-state index contributed by atoms with van der Waals surface area (Å²) in [4.78, 5) is 24.1. The fraction of sp³-hybridized carbons (Fsp3) is 0.333. The fourth-order valence-electron chi connectivity index (χ4n) is 2.92. The fourth-order valence-corrected chi connectivity index (χ4v) is 3.04. The van der Waals surface area contributed by atoms with Crippen molar-refractivity contribution in [3.05, 3.63) is 63.7 Å². The Morgan fingerprint density at radius 1 is 0.963 bits per heavy atom. The van der Waals surface area contributed by atoms with E-state index in [9.17, 15) is 9.59 Å². The summed E-state index contributed by atoms with van der Waals surface area (Å²) in [6.45, 7) is 7.95. The molecule has 0 radical (unpaired) electrons. The minimum atomic E-state index is -0.246. The Morgan fingerprint density at radius 3 is 2.15 bits per heavy atom. The van der Waals surface area contributed by atoms with Gasteiger partial charge in [-0.1, -0.05) is 41.4 Å². The van der Waals surface area contributed by atoms with Crippen LogP contribution in [0.1, 0.15) is 35.2 Å². The van der Waals surface area contributed by atoms with E-state index in [4.69, 9.17) is 11.6 Å². The first kappa shape index (κ1) is 20.9. The summed E-state index contributed by atoms with van der Waals surface area (Å²) in [6, 6.07) is 11.5. The lowest BCUT2D eigenvalue weighted by atomic mass is 10.1. The van der Waals surface area contributed by atoms with Gasteiger partial charge < -0.3 is 16.0 Å². The van der Waals surface area contributed by atoms with Gasteiger partial charge in [-0.3, -0.25) is 9.59 Å². The molecule has 27 heavy (non-hydrogen) atoms. The van der Waals surface area contributed by atoms with E-state index in [1.54, 1.807) is 0 Å². The van der Waals surface area contributed by atoms with Gasteiger partial charge in [0.25, 0.3) is 0 Å². The van der Waals surface area contributed by atoms with Crippen LogP contribution in [0.25, 0.3) is 0 Å². The van der Waals surface area contributed by atoms with Crippen molar-refractivity contribution < 1.29 is 9.59 Å². The largest absolute Gasteiger partial charge is 0.346 e. The zero-order valence-corrected chi connectivity index (χ0v) is 16.9. The predicted octanol–water partition coefficient (Wildman–Crippen LogP) is 3.67. The Hall–Kier alpha value is -2.37. The van der Waals surface area contributed by atoms with Crippen molar-refractivity contribution >= 4 is 29.1 Å². The molecule has 0 heterocycles. The van der Waals surface area contributed by atoms with Crippen LogP contribution in [0.5, 0.6) is 0 Å². The number of hydrogen-bond donors (Lipinski definition) is 3. The minimum absolute atomic E-state index is 0.000277. The number of nitrogens with one attached hydrogen (secondary N) is 3. The molecule has 0 spiro atoms. The maximum atomic E-state index is 12.1. The summed E-state index contributed by atoms with van der Waals surface area (Å²) in [5.74, 6) is -0.479. The van der Waals surface area contributed by atoms with Gasteiger partial charge in [-0.15, -0.1) is 0 Å². The second-order valence-corrected chi connectivity index (χ2v) is 7.19. The number of carbonyl (C=O) groups excluding carboxylic acids is 2. The molecule has 1 atom stereocenters. The van der Waals surface area contributed by atoms with Crippen molar-refractivity contribution in [2.45, 2.75) is 33.7 Å². The first-order valence-corrected chi connectivity index (χ1v) is 9.27. The second kappa shape index (κ2) is 9.53. The Labute approximate surface area is 165 Å². The van der Waals surface area contributed by atoms with Crippen molar-refractivity contribution in [1.29, 1.82) is 0 Å². The molecule has 0 fully saturated rings. The highest BCUT2D eigenvalue weighted by molar-refractivity contribution is 6.30. The lowest BCUT2D eigenvalue weighted by Gasteiger charge is -2.15. The lowest BCUT2D eigenvalue weighted by molar-refractivity contribution is -0.123. The number of aryl methyl sites for hydroxylation is 3. The molecule has 2 rings (SSSR count). The third-order valence-electron chi connectivity index (χ3n) is 4.33. The van der Waals surface area contributed by atoms with Gasteiger partial charge in [0.2, 0.25) is 11.8 Å². The van der Waals surface area contributed by atoms with E-state index in [0.29, 0.717) is 5.02 Å². The molecule has 0 aliphatic rings. The molecule has 0 saturated carbocycles. The maximum Gasteiger partial charge on any atom is 0.243 e. The number of anilines is 1.